The topological polar surface area (TPSA) is 59.1 Å². The fourth-order valence-corrected chi connectivity index (χ4v) is 1.74. The van der Waals surface area contributed by atoms with Crippen LogP contribution in [0.15, 0.2) is 0 Å². The zero-order chi connectivity index (χ0) is 13.8. The smallest absolute Gasteiger partial charge is 0.410 e. The Morgan fingerprint density at radius 2 is 1.44 bits per heavy atom. The van der Waals surface area contributed by atoms with E-state index in [1.165, 1.54) is 7.11 Å². The minimum absolute atomic E-state index is 0.325. The number of carbonyl (C=O) groups excluding carboxylic acids is 2. The van der Waals surface area contributed by atoms with Crippen molar-refractivity contribution in [1.82, 2.24) is 9.80 Å². The fraction of sp³-hybridized carbons (Fsp3) is 0.833. The van der Waals surface area contributed by atoms with E-state index >= 15 is 0 Å². The van der Waals surface area contributed by atoms with E-state index in [4.69, 9.17) is 4.74 Å². The lowest BCUT2D eigenvalue weighted by atomic mass is 10.2. The third-order valence-electron chi connectivity index (χ3n) is 2.58. The SMILES string of the molecule is COC(=O)N1CCCN(C(=O)OC(C)(C)C)CC1. The maximum Gasteiger partial charge on any atom is 0.410 e. The van der Waals surface area contributed by atoms with Crippen LogP contribution in [0.2, 0.25) is 0 Å². The molecule has 1 heterocycles. The second kappa shape index (κ2) is 5.93. The van der Waals surface area contributed by atoms with Crippen molar-refractivity contribution in [1.29, 1.82) is 0 Å². The third-order valence-corrected chi connectivity index (χ3v) is 2.58. The zero-order valence-electron chi connectivity index (χ0n) is 11.6. The molecule has 0 aromatic carbocycles. The number of carbonyl (C=O) groups is 2. The summed E-state index contributed by atoms with van der Waals surface area (Å²) >= 11 is 0. The summed E-state index contributed by atoms with van der Waals surface area (Å²) in [4.78, 5) is 26.5. The Morgan fingerprint density at radius 3 is 1.89 bits per heavy atom. The van der Waals surface area contributed by atoms with E-state index in [9.17, 15) is 9.59 Å². The summed E-state index contributed by atoms with van der Waals surface area (Å²) in [5, 5.41) is 0. The van der Waals surface area contributed by atoms with E-state index < -0.39 is 5.60 Å². The number of ether oxygens (including phenoxy) is 2. The number of hydrogen-bond acceptors (Lipinski definition) is 4. The quantitative estimate of drug-likeness (QED) is 0.663. The van der Waals surface area contributed by atoms with Gasteiger partial charge in [0.1, 0.15) is 5.60 Å². The molecule has 0 aromatic heterocycles. The highest BCUT2D eigenvalue weighted by atomic mass is 16.6. The van der Waals surface area contributed by atoms with Crippen LogP contribution in [0, 0.1) is 0 Å². The van der Waals surface area contributed by atoms with Crippen molar-refractivity contribution in [3.05, 3.63) is 0 Å². The molecule has 2 amide bonds. The first-order valence-corrected chi connectivity index (χ1v) is 6.14. The standard InChI is InChI=1S/C12H22N2O4/c1-12(2,3)18-11(16)14-7-5-6-13(8-9-14)10(15)17-4/h5-9H2,1-4H3. The molecule has 104 valence electrons. The van der Waals surface area contributed by atoms with Crippen molar-refractivity contribution in [2.45, 2.75) is 32.8 Å². The van der Waals surface area contributed by atoms with Gasteiger partial charge in [-0.3, -0.25) is 0 Å². The molecular weight excluding hydrogens is 236 g/mol. The molecule has 1 aliphatic heterocycles. The van der Waals surface area contributed by atoms with Crippen molar-refractivity contribution in [2.75, 3.05) is 33.3 Å². The predicted molar refractivity (Wildman–Crippen MR) is 66.4 cm³/mol. The Balaban J connectivity index is 2.51. The molecule has 0 spiro atoms. The second-order valence-corrected chi connectivity index (χ2v) is 5.28. The van der Waals surface area contributed by atoms with E-state index in [-0.39, 0.29) is 12.2 Å². The maximum absolute atomic E-state index is 11.9. The van der Waals surface area contributed by atoms with Crippen molar-refractivity contribution < 1.29 is 19.1 Å². The van der Waals surface area contributed by atoms with Gasteiger partial charge in [0.2, 0.25) is 0 Å². The van der Waals surface area contributed by atoms with Gasteiger partial charge in [-0.2, -0.15) is 0 Å². The molecular formula is C12H22N2O4. The largest absolute Gasteiger partial charge is 0.453 e. The molecule has 1 aliphatic rings. The lowest BCUT2D eigenvalue weighted by molar-refractivity contribution is 0.0256. The van der Waals surface area contributed by atoms with Gasteiger partial charge < -0.3 is 19.3 Å². The lowest BCUT2D eigenvalue weighted by Crippen LogP contribution is -2.40. The van der Waals surface area contributed by atoms with Crippen LogP contribution in [0.5, 0.6) is 0 Å². The number of rotatable bonds is 0. The summed E-state index contributed by atoms with van der Waals surface area (Å²) in [5.41, 5.74) is -0.495. The first-order chi connectivity index (χ1) is 8.33. The molecule has 6 heteroatoms. The fourth-order valence-electron chi connectivity index (χ4n) is 1.74. The highest BCUT2D eigenvalue weighted by Gasteiger charge is 2.25. The molecule has 6 nitrogen and oxygen atoms in total. The average Bonchev–Trinajstić information content (AvgIpc) is 2.51. The lowest BCUT2D eigenvalue weighted by Gasteiger charge is -2.26. The van der Waals surface area contributed by atoms with Gasteiger partial charge in [-0.05, 0) is 27.2 Å². The van der Waals surface area contributed by atoms with Crippen LogP contribution < -0.4 is 0 Å². The van der Waals surface area contributed by atoms with Crippen LogP contribution in [0.3, 0.4) is 0 Å². The Labute approximate surface area is 108 Å². The van der Waals surface area contributed by atoms with Crippen LogP contribution in [0.1, 0.15) is 27.2 Å². The average molecular weight is 258 g/mol. The van der Waals surface area contributed by atoms with Gasteiger partial charge in [-0.15, -0.1) is 0 Å². The molecule has 0 atom stereocenters. The zero-order valence-corrected chi connectivity index (χ0v) is 11.6. The van der Waals surface area contributed by atoms with Gasteiger partial charge in [-0.1, -0.05) is 0 Å². The maximum atomic E-state index is 11.9. The molecule has 0 aliphatic carbocycles. The van der Waals surface area contributed by atoms with Crippen molar-refractivity contribution in [3.63, 3.8) is 0 Å². The molecule has 1 saturated heterocycles. The van der Waals surface area contributed by atoms with E-state index in [0.29, 0.717) is 26.2 Å². The minimum Gasteiger partial charge on any atom is -0.453 e. The van der Waals surface area contributed by atoms with Gasteiger partial charge in [0.15, 0.2) is 0 Å². The van der Waals surface area contributed by atoms with Crippen LogP contribution in [0.25, 0.3) is 0 Å². The van der Waals surface area contributed by atoms with Crippen molar-refractivity contribution >= 4 is 12.2 Å². The van der Waals surface area contributed by atoms with Gasteiger partial charge in [0.05, 0.1) is 7.11 Å². The van der Waals surface area contributed by atoms with E-state index in [0.717, 1.165) is 6.42 Å². The molecule has 0 unspecified atom stereocenters. The Bertz CT molecular complexity index is 312. The summed E-state index contributed by atoms with van der Waals surface area (Å²) in [6.07, 6.45) is 0.0594. The summed E-state index contributed by atoms with van der Waals surface area (Å²) in [5.74, 6) is 0. The molecule has 0 bridgehead atoms. The molecule has 18 heavy (non-hydrogen) atoms. The molecule has 1 fully saturated rings. The third kappa shape index (κ3) is 4.43. The molecule has 0 N–H and O–H groups in total. The van der Waals surface area contributed by atoms with Crippen LogP contribution in [-0.4, -0.2) is 60.9 Å². The van der Waals surface area contributed by atoms with Gasteiger partial charge >= 0.3 is 12.2 Å². The Kier molecular flexibility index (Phi) is 4.81. The molecule has 0 aromatic rings. The Morgan fingerprint density at radius 1 is 0.944 bits per heavy atom. The van der Waals surface area contributed by atoms with Crippen molar-refractivity contribution in [2.24, 2.45) is 0 Å². The van der Waals surface area contributed by atoms with E-state index in [1.807, 2.05) is 20.8 Å². The summed E-state index contributed by atoms with van der Waals surface area (Å²) in [6.45, 7) is 7.67. The summed E-state index contributed by atoms with van der Waals surface area (Å²) in [6, 6.07) is 0. The van der Waals surface area contributed by atoms with Crippen LogP contribution >= 0.6 is 0 Å². The van der Waals surface area contributed by atoms with Crippen LogP contribution in [-0.2, 0) is 9.47 Å². The summed E-state index contributed by atoms with van der Waals surface area (Å²) in [7, 11) is 1.36. The number of amides is 2. The molecule has 1 rings (SSSR count). The normalized spacial score (nSPS) is 17.1. The van der Waals surface area contributed by atoms with E-state index in [1.54, 1.807) is 9.80 Å². The highest BCUT2D eigenvalue weighted by Crippen LogP contribution is 2.12. The second-order valence-electron chi connectivity index (χ2n) is 5.28. The molecule has 0 radical (unpaired) electrons. The molecule has 0 saturated carbocycles. The number of methoxy groups -OCH3 is 1. The number of nitrogens with zero attached hydrogens (tertiary/aromatic N) is 2. The van der Waals surface area contributed by atoms with Gasteiger partial charge in [0, 0.05) is 26.2 Å². The van der Waals surface area contributed by atoms with Crippen molar-refractivity contribution in [3.8, 4) is 0 Å². The monoisotopic (exact) mass is 258 g/mol. The van der Waals surface area contributed by atoms with Gasteiger partial charge in [-0.25, -0.2) is 9.59 Å². The summed E-state index contributed by atoms with van der Waals surface area (Å²) < 4.78 is 9.98. The first kappa shape index (κ1) is 14.6. The van der Waals surface area contributed by atoms with Gasteiger partial charge in [0.25, 0.3) is 0 Å². The highest BCUT2D eigenvalue weighted by molar-refractivity contribution is 5.69. The van der Waals surface area contributed by atoms with Crippen LogP contribution in [0.4, 0.5) is 9.59 Å². The number of hydrogen-bond donors (Lipinski definition) is 0. The first-order valence-electron chi connectivity index (χ1n) is 6.14. The minimum atomic E-state index is -0.495. The van der Waals surface area contributed by atoms with E-state index in [2.05, 4.69) is 4.74 Å². The Hall–Kier alpha value is -1.46. The predicted octanol–water partition coefficient (Wildman–Crippen LogP) is 1.70.